The van der Waals surface area contributed by atoms with Crippen LogP contribution < -0.4 is 4.90 Å². The van der Waals surface area contributed by atoms with Crippen LogP contribution in [-0.2, 0) is 0 Å². The van der Waals surface area contributed by atoms with E-state index in [1.54, 1.807) is 0 Å². The summed E-state index contributed by atoms with van der Waals surface area (Å²) in [5, 5.41) is 12.8. The lowest BCUT2D eigenvalue weighted by Crippen LogP contribution is -2.10. The topological polar surface area (TPSA) is 3.24 Å². The Balaban J connectivity index is 1.24. The Morgan fingerprint density at radius 3 is 1.92 bits per heavy atom. The van der Waals surface area contributed by atoms with Crippen LogP contribution >= 0.6 is 11.3 Å². The largest absolute Gasteiger partial charge is 0.310 e. The van der Waals surface area contributed by atoms with Crippen LogP contribution in [0.25, 0.3) is 74.4 Å². The van der Waals surface area contributed by atoms with E-state index >= 15 is 0 Å². The van der Waals surface area contributed by atoms with Crippen molar-refractivity contribution in [2.45, 2.75) is 0 Å². The van der Waals surface area contributed by atoms with Crippen LogP contribution in [0.4, 0.5) is 17.1 Å². The van der Waals surface area contributed by atoms with Crippen molar-refractivity contribution in [3.8, 4) is 11.1 Å². The summed E-state index contributed by atoms with van der Waals surface area (Å²) in [6, 6.07) is 64.6. The van der Waals surface area contributed by atoms with E-state index in [2.05, 4.69) is 181 Å². The molecule has 0 N–H and O–H groups in total. The van der Waals surface area contributed by atoms with Crippen LogP contribution in [0.15, 0.2) is 176 Å². The van der Waals surface area contributed by atoms with Gasteiger partial charge in [-0.1, -0.05) is 127 Å². The number of thiophene rings is 1. The molecule has 9 aromatic carbocycles. The Morgan fingerprint density at radius 1 is 0.333 bits per heavy atom. The van der Waals surface area contributed by atoms with Gasteiger partial charge in [-0.3, -0.25) is 0 Å². The highest BCUT2D eigenvalue weighted by atomic mass is 32.1. The molecule has 0 unspecified atom stereocenters. The van der Waals surface area contributed by atoms with Gasteiger partial charge in [0.25, 0.3) is 0 Å². The second kappa shape index (κ2) is 10.8. The van der Waals surface area contributed by atoms with Crippen molar-refractivity contribution >= 4 is 91.7 Å². The maximum Gasteiger partial charge on any atom is 0.0540 e. The summed E-state index contributed by atoms with van der Waals surface area (Å²) >= 11 is 1.87. The second-order valence-electron chi connectivity index (χ2n) is 12.6. The van der Waals surface area contributed by atoms with Crippen molar-refractivity contribution in [1.29, 1.82) is 0 Å². The van der Waals surface area contributed by atoms with Crippen LogP contribution in [0.3, 0.4) is 0 Å². The monoisotopic (exact) mass is 627 g/mol. The number of benzene rings is 9. The fourth-order valence-corrected chi connectivity index (χ4v) is 8.65. The van der Waals surface area contributed by atoms with E-state index in [0.29, 0.717) is 0 Å². The van der Waals surface area contributed by atoms with Gasteiger partial charge in [0, 0.05) is 36.9 Å². The third kappa shape index (κ3) is 4.31. The average molecular weight is 628 g/mol. The lowest BCUT2D eigenvalue weighted by molar-refractivity contribution is 1.30. The fraction of sp³-hybridized carbons (Fsp3) is 0. The third-order valence-electron chi connectivity index (χ3n) is 9.77. The van der Waals surface area contributed by atoms with Gasteiger partial charge in [-0.05, 0) is 97.4 Å². The van der Waals surface area contributed by atoms with Crippen molar-refractivity contribution in [3.05, 3.63) is 176 Å². The second-order valence-corrected chi connectivity index (χ2v) is 13.6. The summed E-state index contributed by atoms with van der Waals surface area (Å²) in [5.74, 6) is 0. The minimum atomic E-state index is 1.13. The van der Waals surface area contributed by atoms with Crippen LogP contribution in [0.1, 0.15) is 0 Å². The Hall–Kier alpha value is -5.96. The summed E-state index contributed by atoms with van der Waals surface area (Å²) in [4.78, 5) is 2.45. The smallest absolute Gasteiger partial charge is 0.0540 e. The molecule has 0 radical (unpaired) electrons. The molecule has 2 heteroatoms. The summed E-state index contributed by atoms with van der Waals surface area (Å²) in [6.45, 7) is 0. The van der Waals surface area contributed by atoms with E-state index in [9.17, 15) is 0 Å². The molecule has 0 fully saturated rings. The molecule has 0 amide bonds. The van der Waals surface area contributed by atoms with E-state index < -0.39 is 0 Å². The summed E-state index contributed by atoms with van der Waals surface area (Å²) in [6.07, 6.45) is 0. The van der Waals surface area contributed by atoms with Gasteiger partial charge < -0.3 is 4.90 Å². The van der Waals surface area contributed by atoms with Crippen molar-refractivity contribution in [1.82, 2.24) is 0 Å². The highest BCUT2D eigenvalue weighted by Gasteiger charge is 2.18. The van der Waals surface area contributed by atoms with E-state index in [4.69, 9.17) is 0 Å². The lowest BCUT2D eigenvalue weighted by atomic mass is 9.96. The minimum absolute atomic E-state index is 1.13. The highest BCUT2D eigenvalue weighted by molar-refractivity contribution is 7.25. The number of nitrogens with zero attached hydrogens (tertiary/aromatic N) is 1. The first kappa shape index (κ1) is 27.2. The molecule has 0 saturated heterocycles. The molecule has 0 bridgehead atoms. The molecule has 0 aliphatic carbocycles. The first-order valence-corrected chi connectivity index (χ1v) is 17.2. The van der Waals surface area contributed by atoms with Gasteiger partial charge in [0.1, 0.15) is 0 Å². The molecular weight excluding hydrogens is 599 g/mol. The van der Waals surface area contributed by atoms with Gasteiger partial charge in [0.15, 0.2) is 0 Å². The maximum atomic E-state index is 2.45. The lowest BCUT2D eigenvalue weighted by Gasteiger charge is -2.28. The van der Waals surface area contributed by atoms with Gasteiger partial charge in [-0.15, -0.1) is 11.3 Å². The molecule has 0 atom stereocenters. The fourth-order valence-electron chi connectivity index (χ4n) is 7.52. The van der Waals surface area contributed by atoms with Crippen LogP contribution in [-0.4, -0.2) is 0 Å². The van der Waals surface area contributed by atoms with Gasteiger partial charge in [-0.25, -0.2) is 0 Å². The molecule has 48 heavy (non-hydrogen) atoms. The first-order chi connectivity index (χ1) is 23.8. The van der Waals surface area contributed by atoms with E-state index in [1.165, 1.54) is 80.1 Å². The predicted molar refractivity (Wildman–Crippen MR) is 209 cm³/mol. The van der Waals surface area contributed by atoms with Crippen molar-refractivity contribution in [2.24, 2.45) is 0 Å². The van der Waals surface area contributed by atoms with Crippen LogP contribution in [0, 0.1) is 0 Å². The Labute approximate surface area is 282 Å². The predicted octanol–water partition coefficient (Wildman–Crippen LogP) is 13.8. The molecule has 10 rings (SSSR count). The zero-order valence-corrected chi connectivity index (χ0v) is 26.9. The zero-order chi connectivity index (χ0) is 31.6. The summed E-state index contributed by atoms with van der Waals surface area (Å²) < 4.78 is 2.64. The summed E-state index contributed by atoms with van der Waals surface area (Å²) in [7, 11) is 0. The van der Waals surface area contributed by atoms with Gasteiger partial charge in [0.05, 0.1) is 5.69 Å². The summed E-state index contributed by atoms with van der Waals surface area (Å²) in [5.41, 5.74) is 5.84. The van der Waals surface area contributed by atoms with Crippen LogP contribution in [0.5, 0.6) is 0 Å². The van der Waals surface area contributed by atoms with E-state index in [-0.39, 0.29) is 0 Å². The number of hydrogen-bond donors (Lipinski definition) is 0. The Morgan fingerprint density at radius 2 is 1.00 bits per heavy atom. The number of hydrogen-bond acceptors (Lipinski definition) is 2. The van der Waals surface area contributed by atoms with E-state index in [1.807, 2.05) is 11.3 Å². The average Bonchev–Trinajstić information content (AvgIpc) is 3.52. The minimum Gasteiger partial charge on any atom is -0.310 e. The molecular formula is C46H29NS. The Bertz CT molecular complexity index is 2850. The molecule has 0 spiro atoms. The first-order valence-electron chi connectivity index (χ1n) is 16.4. The molecule has 0 aliphatic heterocycles. The van der Waals surface area contributed by atoms with Gasteiger partial charge in [0.2, 0.25) is 0 Å². The van der Waals surface area contributed by atoms with Crippen molar-refractivity contribution in [2.75, 3.05) is 4.90 Å². The number of anilines is 3. The molecule has 10 aromatic rings. The standard InChI is InChI=1S/C46H29NS/c1-2-10-30(11-3-1)33-13-8-15-36(26-33)47(43-18-9-14-34-28-42-40-17-6-7-19-44(40)48-45(42)29-41(34)43)37-24-25-39-35(27-37)23-22-32-21-20-31-12-4-5-16-38(31)46(32)39/h1-29H. The molecule has 1 nitrogen and oxygen atoms in total. The zero-order valence-electron chi connectivity index (χ0n) is 26.1. The molecule has 1 aromatic heterocycles. The van der Waals surface area contributed by atoms with Gasteiger partial charge in [-0.2, -0.15) is 0 Å². The highest BCUT2D eigenvalue weighted by Crippen LogP contribution is 2.44. The van der Waals surface area contributed by atoms with Crippen molar-refractivity contribution < 1.29 is 0 Å². The molecule has 1 heterocycles. The number of rotatable bonds is 4. The van der Waals surface area contributed by atoms with Crippen molar-refractivity contribution in [3.63, 3.8) is 0 Å². The molecule has 0 saturated carbocycles. The number of fused-ring (bicyclic) bond motifs is 9. The molecule has 224 valence electrons. The Kier molecular flexibility index (Phi) is 6.12. The third-order valence-corrected chi connectivity index (χ3v) is 10.9. The quantitative estimate of drug-likeness (QED) is 0.176. The van der Waals surface area contributed by atoms with Gasteiger partial charge >= 0.3 is 0 Å². The SMILES string of the molecule is c1ccc(-c2cccc(N(c3ccc4c(ccc5ccc6ccccc6c54)c3)c3cccc4cc5c(cc34)sc3ccccc35)c2)cc1. The molecule has 0 aliphatic rings. The van der Waals surface area contributed by atoms with Crippen LogP contribution in [0.2, 0.25) is 0 Å². The maximum absolute atomic E-state index is 2.45. The van der Waals surface area contributed by atoms with E-state index in [0.717, 1.165) is 11.4 Å². The normalized spacial score (nSPS) is 11.8.